The summed E-state index contributed by atoms with van der Waals surface area (Å²) in [7, 11) is -3.61. The van der Waals surface area contributed by atoms with Crippen LogP contribution in [0.2, 0.25) is 10.0 Å². The molecule has 0 radical (unpaired) electrons. The van der Waals surface area contributed by atoms with Crippen molar-refractivity contribution >= 4 is 61.6 Å². The quantitative estimate of drug-likeness (QED) is 0.742. The normalized spacial score (nSPS) is 20.5. The summed E-state index contributed by atoms with van der Waals surface area (Å²) in [5, 5.41) is 3.68. The number of nitrogens with zero attached hydrogens (tertiary/aromatic N) is 1. The number of nitrogens with one attached hydrogen (secondary N) is 1. The molecule has 1 saturated heterocycles. The van der Waals surface area contributed by atoms with Crippen molar-refractivity contribution in [3.05, 3.63) is 26.7 Å². The van der Waals surface area contributed by atoms with Crippen molar-refractivity contribution in [1.29, 1.82) is 0 Å². The maximum absolute atomic E-state index is 12.6. The molecule has 4 nitrogen and oxygen atoms in total. The second-order valence-corrected chi connectivity index (χ2v) is 7.89. The van der Waals surface area contributed by atoms with Crippen LogP contribution in [0.4, 0.5) is 0 Å². The van der Waals surface area contributed by atoms with Crippen molar-refractivity contribution in [2.75, 3.05) is 19.6 Å². The van der Waals surface area contributed by atoms with Gasteiger partial charge in [-0.05, 0) is 35.0 Å². The van der Waals surface area contributed by atoms with E-state index >= 15 is 0 Å². The van der Waals surface area contributed by atoms with Crippen molar-refractivity contribution in [3.8, 4) is 0 Å². The van der Waals surface area contributed by atoms with E-state index < -0.39 is 10.0 Å². The van der Waals surface area contributed by atoms with E-state index in [0.29, 0.717) is 29.1 Å². The van der Waals surface area contributed by atoms with Crippen LogP contribution in [0, 0.1) is 0 Å². The molecule has 1 atom stereocenters. The molecule has 1 fully saturated rings. The van der Waals surface area contributed by atoms with E-state index in [1.807, 2.05) is 6.92 Å². The Labute approximate surface area is 143 Å². The van der Waals surface area contributed by atoms with Gasteiger partial charge < -0.3 is 5.32 Å². The monoisotopic (exact) mass is 422 g/mol. The number of piperazine rings is 1. The minimum atomic E-state index is -3.61. The fourth-order valence-corrected chi connectivity index (χ4v) is 4.88. The molecule has 0 saturated carbocycles. The lowest BCUT2D eigenvalue weighted by Crippen LogP contribution is -2.52. The number of sulfonamides is 1. The van der Waals surface area contributed by atoms with Gasteiger partial charge in [-0.3, -0.25) is 0 Å². The molecule has 1 aromatic carbocycles. The van der Waals surface area contributed by atoms with E-state index in [2.05, 4.69) is 21.2 Å². The van der Waals surface area contributed by atoms with Gasteiger partial charge in [-0.2, -0.15) is 4.31 Å². The van der Waals surface area contributed by atoms with Crippen molar-refractivity contribution in [2.45, 2.75) is 17.9 Å². The summed E-state index contributed by atoms with van der Waals surface area (Å²) in [6.45, 7) is 3.56. The van der Waals surface area contributed by atoms with Crippen LogP contribution in [0.1, 0.15) is 6.92 Å². The minimum absolute atomic E-state index is 0. The van der Waals surface area contributed by atoms with Crippen molar-refractivity contribution < 1.29 is 8.42 Å². The summed E-state index contributed by atoms with van der Waals surface area (Å²) in [4.78, 5) is 0.0826. The fraction of sp³-hybridized carbons (Fsp3) is 0.455. The zero-order valence-electron chi connectivity index (χ0n) is 10.6. The Bertz CT molecular complexity index is 598. The molecule has 0 amide bonds. The lowest BCUT2D eigenvalue weighted by molar-refractivity contribution is 0.284. The van der Waals surface area contributed by atoms with Gasteiger partial charge in [0.25, 0.3) is 0 Å². The van der Waals surface area contributed by atoms with Gasteiger partial charge in [0.05, 0.1) is 10.0 Å². The first-order chi connectivity index (χ1) is 8.84. The summed E-state index contributed by atoms with van der Waals surface area (Å²) in [6, 6.07) is 2.78. The third kappa shape index (κ3) is 3.61. The first-order valence-electron chi connectivity index (χ1n) is 5.71. The van der Waals surface area contributed by atoms with Crippen LogP contribution in [0.5, 0.6) is 0 Å². The molecule has 2 rings (SSSR count). The highest BCUT2D eigenvalue weighted by atomic mass is 79.9. The molecule has 0 spiro atoms. The van der Waals surface area contributed by atoms with Crippen LogP contribution in [0.3, 0.4) is 0 Å². The number of benzene rings is 1. The first-order valence-corrected chi connectivity index (χ1v) is 8.70. The van der Waals surface area contributed by atoms with E-state index in [4.69, 9.17) is 23.2 Å². The molecule has 0 aromatic heterocycles. The van der Waals surface area contributed by atoms with Gasteiger partial charge >= 0.3 is 0 Å². The summed E-state index contributed by atoms with van der Waals surface area (Å²) < 4.78 is 27.2. The van der Waals surface area contributed by atoms with E-state index in [0.717, 1.165) is 0 Å². The van der Waals surface area contributed by atoms with Gasteiger partial charge in [0, 0.05) is 30.1 Å². The van der Waals surface area contributed by atoms with Crippen molar-refractivity contribution in [2.24, 2.45) is 0 Å². The Morgan fingerprint density at radius 3 is 2.60 bits per heavy atom. The molecular formula is C11H14BrCl3N2O2S. The van der Waals surface area contributed by atoms with Crippen LogP contribution < -0.4 is 5.32 Å². The average molecular weight is 425 g/mol. The molecule has 1 aliphatic heterocycles. The minimum Gasteiger partial charge on any atom is -0.314 e. The highest BCUT2D eigenvalue weighted by Crippen LogP contribution is 2.33. The number of hydrogen-bond donors (Lipinski definition) is 1. The van der Waals surface area contributed by atoms with Crippen LogP contribution in [0.15, 0.2) is 21.5 Å². The Morgan fingerprint density at radius 2 is 2.00 bits per heavy atom. The van der Waals surface area contributed by atoms with Gasteiger partial charge in [-0.1, -0.05) is 23.2 Å². The van der Waals surface area contributed by atoms with Crippen LogP contribution in [-0.4, -0.2) is 38.4 Å². The molecule has 1 aromatic rings. The molecular weight excluding hydrogens is 410 g/mol. The zero-order valence-corrected chi connectivity index (χ0v) is 15.3. The molecule has 9 heteroatoms. The molecule has 20 heavy (non-hydrogen) atoms. The van der Waals surface area contributed by atoms with E-state index in [1.54, 1.807) is 0 Å². The predicted octanol–water partition coefficient (Wildman–Crippen LogP) is 3.16. The molecule has 1 N–H and O–H groups in total. The van der Waals surface area contributed by atoms with Crippen molar-refractivity contribution in [3.63, 3.8) is 0 Å². The Hall–Kier alpha value is 0.440. The van der Waals surface area contributed by atoms with Gasteiger partial charge in [0.15, 0.2) is 0 Å². The Morgan fingerprint density at radius 1 is 1.35 bits per heavy atom. The summed E-state index contributed by atoms with van der Waals surface area (Å²) in [5.74, 6) is 0. The summed E-state index contributed by atoms with van der Waals surface area (Å²) >= 11 is 15.2. The third-order valence-corrected chi connectivity index (χ3v) is 6.68. The number of halogens is 4. The van der Waals surface area contributed by atoms with Crippen LogP contribution in [-0.2, 0) is 10.0 Å². The smallest absolute Gasteiger partial charge is 0.244 e. The molecule has 1 unspecified atom stereocenters. The van der Waals surface area contributed by atoms with Crippen LogP contribution >= 0.6 is 51.5 Å². The fourth-order valence-electron chi connectivity index (χ4n) is 2.01. The lowest BCUT2D eigenvalue weighted by atomic mass is 10.3. The topological polar surface area (TPSA) is 49.4 Å². The lowest BCUT2D eigenvalue weighted by Gasteiger charge is -2.33. The molecule has 114 valence electrons. The Kier molecular flexibility index (Phi) is 6.59. The SMILES string of the molecule is CC1CNCCN1S(=O)(=O)c1cc(Br)c(Cl)cc1Cl.Cl. The second kappa shape index (κ2) is 7.13. The van der Waals surface area contributed by atoms with Crippen LogP contribution in [0.25, 0.3) is 0 Å². The molecule has 0 bridgehead atoms. The standard InChI is InChI=1S/C11H13BrCl2N2O2S.ClH/c1-7-6-15-2-3-16(7)19(17,18)11-4-8(12)9(13)5-10(11)14;/h4-5,7,15H,2-3,6H2,1H3;1H. The average Bonchev–Trinajstić information content (AvgIpc) is 2.34. The third-order valence-electron chi connectivity index (χ3n) is 3.00. The highest BCUT2D eigenvalue weighted by Gasteiger charge is 2.32. The largest absolute Gasteiger partial charge is 0.314 e. The molecule has 0 aliphatic carbocycles. The molecule has 1 aliphatic rings. The Balaban J connectivity index is 0.00000200. The van der Waals surface area contributed by atoms with Crippen molar-refractivity contribution in [1.82, 2.24) is 9.62 Å². The summed E-state index contributed by atoms with van der Waals surface area (Å²) in [6.07, 6.45) is 0. The summed E-state index contributed by atoms with van der Waals surface area (Å²) in [5.41, 5.74) is 0. The second-order valence-electron chi connectivity index (χ2n) is 4.37. The molecule has 1 heterocycles. The van der Waals surface area contributed by atoms with Gasteiger partial charge in [0.2, 0.25) is 10.0 Å². The number of rotatable bonds is 2. The first kappa shape index (κ1) is 18.5. The van der Waals surface area contributed by atoms with E-state index in [-0.39, 0.29) is 28.4 Å². The maximum Gasteiger partial charge on any atom is 0.244 e. The number of hydrogen-bond acceptors (Lipinski definition) is 3. The van der Waals surface area contributed by atoms with E-state index in [9.17, 15) is 8.42 Å². The maximum atomic E-state index is 12.6. The highest BCUT2D eigenvalue weighted by molar-refractivity contribution is 9.10. The van der Waals surface area contributed by atoms with Gasteiger partial charge in [0.1, 0.15) is 4.90 Å². The van der Waals surface area contributed by atoms with Gasteiger partial charge in [-0.15, -0.1) is 12.4 Å². The zero-order chi connectivity index (χ0) is 14.2. The van der Waals surface area contributed by atoms with Gasteiger partial charge in [-0.25, -0.2) is 8.42 Å². The van der Waals surface area contributed by atoms with E-state index in [1.165, 1.54) is 16.4 Å². The predicted molar refractivity (Wildman–Crippen MR) is 87.6 cm³/mol.